The maximum Gasteiger partial charge on any atom is 0.189 e. The number of furan rings is 1. The zero-order valence-corrected chi connectivity index (χ0v) is 10.1. The van der Waals surface area contributed by atoms with Crippen molar-refractivity contribution in [3.05, 3.63) is 46.9 Å². The number of carbonyl (C=O) groups is 1. The summed E-state index contributed by atoms with van der Waals surface area (Å²) >= 11 is 0. The molecule has 0 fully saturated rings. The van der Waals surface area contributed by atoms with Crippen LogP contribution in [0.4, 0.5) is 0 Å². The normalized spacial score (nSPS) is 11.2. The summed E-state index contributed by atoms with van der Waals surface area (Å²) in [4.78, 5) is 18.9. The van der Waals surface area contributed by atoms with Crippen LogP contribution >= 0.6 is 0 Å². The molecule has 0 spiro atoms. The minimum Gasteiger partial charge on any atom is -0.466 e. The van der Waals surface area contributed by atoms with Gasteiger partial charge in [0.15, 0.2) is 5.78 Å². The van der Waals surface area contributed by atoms with E-state index in [1.807, 2.05) is 13.8 Å². The molecule has 2 aromatic rings. The molecular weight excluding hydrogens is 216 g/mol. The number of rotatable bonds is 3. The third kappa shape index (κ3) is 2.36. The number of H-pyrrole nitrogens is 1. The number of allylic oxidation sites excluding steroid dienone is 1. The summed E-state index contributed by atoms with van der Waals surface area (Å²) in [5.41, 5.74) is 2.32. The molecule has 0 bridgehead atoms. The monoisotopic (exact) mass is 230 g/mol. The standard InChI is InChI=1S/C13H14N2O2/c1-8-6-11(10(3)17-8)13(16)5-4-12-9(2)14-7-15-12/h4-7H,1-3H3,(H,14,15). The number of aromatic amines is 1. The van der Waals surface area contributed by atoms with Crippen LogP contribution in [-0.2, 0) is 0 Å². The van der Waals surface area contributed by atoms with E-state index in [9.17, 15) is 4.79 Å². The number of ketones is 1. The number of nitrogens with zero attached hydrogens (tertiary/aromatic N) is 1. The molecule has 2 heterocycles. The van der Waals surface area contributed by atoms with Crippen molar-refractivity contribution in [1.29, 1.82) is 0 Å². The summed E-state index contributed by atoms with van der Waals surface area (Å²) in [6, 6.07) is 1.75. The van der Waals surface area contributed by atoms with Crippen molar-refractivity contribution in [2.45, 2.75) is 20.8 Å². The van der Waals surface area contributed by atoms with Gasteiger partial charge in [-0.1, -0.05) is 0 Å². The smallest absolute Gasteiger partial charge is 0.189 e. The van der Waals surface area contributed by atoms with Gasteiger partial charge in [0.25, 0.3) is 0 Å². The lowest BCUT2D eigenvalue weighted by molar-refractivity contribution is 0.104. The summed E-state index contributed by atoms with van der Waals surface area (Å²) in [6.45, 7) is 5.52. The van der Waals surface area contributed by atoms with Crippen LogP contribution in [0.25, 0.3) is 6.08 Å². The highest BCUT2D eigenvalue weighted by atomic mass is 16.3. The lowest BCUT2D eigenvalue weighted by Crippen LogP contribution is -1.94. The van der Waals surface area contributed by atoms with Crippen LogP contribution in [0.5, 0.6) is 0 Å². The molecule has 1 N–H and O–H groups in total. The number of nitrogens with one attached hydrogen (secondary N) is 1. The first-order chi connectivity index (χ1) is 8.08. The third-order valence-corrected chi connectivity index (χ3v) is 2.57. The maximum atomic E-state index is 11.9. The van der Waals surface area contributed by atoms with E-state index >= 15 is 0 Å². The fourth-order valence-corrected chi connectivity index (χ4v) is 1.66. The first kappa shape index (κ1) is 11.4. The number of aromatic nitrogens is 2. The second kappa shape index (κ2) is 4.41. The predicted molar refractivity (Wildman–Crippen MR) is 64.9 cm³/mol. The second-order valence-electron chi connectivity index (χ2n) is 3.94. The lowest BCUT2D eigenvalue weighted by Gasteiger charge is -1.91. The zero-order valence-electron chi connectivity index (χ0n) is 10.1. The van der Waals surface area contributed by atoms with Crippen molar-refractivity contribution in [3.63, 3.8) is 0 Å². The van der Waals surface area contributed by atoms with Gasteiger partial charge in [-0.2, -0.15) is 0 Å². The van der Waals surface area contributed by atoms with Gasteiger partial charge in [0.1, 0.15) is 11.5 Å². The van der Waals surface area contributed by atoms with Gasteiger partial charge in [-0.25, -0.2) is 4.98 Å². The van der Waals surface area contributed by atoms with Gasteiger partial charge in [-0.15, -0.1) is 0 Å². The number of hydrogen-bond acceptors (Lipinski definition) is 3. The minimum absolute atomic E-state index is 0.0678. The highest BCUT2D eigenvalue weighted by Crippen LogP contribution is 2.15. The molecule has 88 valence electrons. The van der Waals surface area contributed by atoms with Gasteiger partial charge in [0, 0.05) is 5.69 Å². The number of aryl methyl sites for hydroxylation is 3. The quantitative estimate of drug-likeness (QED) is 0.651. The Labute approximate surface area is 99.4 Å². The van der Waals surface area contributed by atoms with Crippen LogP contribution in [-0.4, -0.2) is 15.8 Å². The van der Waals surface area contributed by atoms with E-state index in [1.54, 1.807) is 25.4 Å². The lowest BCUT2D eigenvalue weighted by atomic mass is 10.1. The summed E-state index contributed by atoms with van der Waals surface area (Å²) in [5, 5.41) is 0. The highest BCUT2D eigenvalue weighted by Gasteiger charge is 2.10. The molecule has 0 radical (unpaired) electrons. The Morgan fingerprint density at radius 2 is 2.18 bits per heavy atom. The minimum atomic E-state index is -0.0678. The van der Waals surface area contributed by atoms with E-state index in [0.29, 0.717) is 11.3 Å². The summed E-state index contributed by atoms with van der Waals surface area (Å²) in [6.07, 6.45) is 4.82. The Kier molecular flexibility index (Phi) is 2.95. The molecule has 0 amide bonds. The number of hydrogen-bond donors (Lipinski definition) is 1. The molecule has 2 rings (SSSR count). The molecule has 2 aromatic heterocycles. The van der Waals surface area contributed by atoms with Crippen molar-refractivity contribution in [2.24, 2.45) is 0 Å². The van der Waals surface area contributed by atoms with E-state index in [4.69, 9.17) is 4.42 Å². The zero-order chi connectivity index (χ0) is 12.4. The van der Waals surface area contributed by atoms with Crippen LogP contribution in [0.1, 0.15) is 33.3 Å². The summed E-state index contributed by atoms with van der Waals surface area (Å²) < 4.78 is 5.32. The van der Waals surface area contributed by atoms with Crippen molar-refractivity contribution < 1.29 is 9.21 Å². The van der Waals surface area contributed by atoms with Gasteiger partial charge in [-0.3, -0.25) is 4.79 Å². The Hall–Kier alpha value is -2.10. The van der Waals surface area contributed by atoms with Crippen LogP contribution in [0.15, 0.2) is 22.9 Å². The topological polar surface area (TPSA) is 58.9 Å². The Balaban J connectivity index is 2.20. The first-order valence-corrected chi connectivity index (χ1v) is 5.37. The van der Waals surface area contributed by atoms with Gasteiger partial charge >= 0.3 is 0 Å². The molecular formula is C13H14N2O2. The Morgan fingerprint density at radius 1 is 1.41 bits per heavy atom. The molecule has 0 saturated carbocycles. The summed E-state index contributed by atoms with van der Waals surface area (Å²) in [5.74, 6) is 1.33. The largest absolute Gasteiger partial charge is 0.466 e. The van der Waals surface area contributed by atoms with Crippen molar-refractivity contribution in [2.75, 3.05) is 0 Å². The highest BCUT2D eigenvalue weighted by molar-refractivity contribution is 6.07. The SMILES string of the molecule is Cc1cc(C(=O)C=Cc2nc[nH]c2C)c(C)o1. The Bertz CT molecular complexity index is 576. The van der Waals surface area contributed by atoms with E-state index < -0.39 is 0 Å². The molecule has 17 heavy (non-hydrogen) atoms. The predicted octanol–water partition coefficient (Wildman–Crippen LogP) is 2.82. The van der Waals surface area contributed by atoms with Crippen LogP contribution in [0, 0.1) is 20.8 Å². The van der Waals surface area contributed by atoms with Crippen LogP contribution in [0.2, 0.25) is 0 Å². The molecule has 0 aliphatic heterocycles. The van der Waals surface area contributed by atoms with Gasteiger partial charge in [0.2, 0.25) is 0 Å². The fourth-order valence-electron chi connectivity index (χ4n) is 1.66. The van der Waals surface area contributed by atoms with E-state index in [1.165, 1.54) is 6.08 Å². The molecule has 0 aliphatic rings. The van der Waals surface area contributed by atoms with Crippen molar-refractivity contribution >= 4 is 11.9 Å². The van der Waals surface area contributed by atoms with Gasteiger partial charge in [-0.05, 0) is 39.0 Å². The average Bonchev–Trinajstić information content (AvgIpc) is 2.81. The number of imidazole rings is 1. The van der Waals surface area contributed by atoms with Crippen LogP contribution < -0.4 is 0 Å². The molecule has 4 nitrogen and oxygen atoms in total. The van der Waals surface area contributed by atoms with Crippen molar-refractivity contribution in [3.8, 4) is 0 Å². The first-order valence-electron chi connectivity index (χ1n) is 5.37. The summed E-state index contributed by atoms with van der Waals surface area (Å²) in [7, 11) is 0. The Morgan fingerprint density at radius 3 is 2.71 bits per heavy atom. The third-order valence-electron chi connectivity index (χ3n) is 2.57. The molecule has 0 aromatic carbocycles. The average molecular weight is 230 g/mol. The van der Waals surface area contributed by atoms with E-state index in [0.717, 1.165) is 17.1 Å². The van der Waals surface area contributed by atoms with Gasteiger partial charge in [0.05, 0.1) is 17.6 Å². The number of carbonyl (C=O) groups excluding carboxylic acids is 1. The van der Waals surface area contributed by atoms with E-state index in [-0.39, 0.29) is 5.78 Å². The molecule has 4 heteroatoms. The fraction of sp³-hybridized carbons (Fsp3) is 0.231. The molecule has 0 atom stereocenters. The molecule has 0 aliphatic carbocycles. The van der Waals surface area contributed by atoms with E-state index in [2.05, 4.69) is 9.97 Å². The van der Waals surface area contributed by atoms with Gasteiger partial charge < -0.3 is 9.40 Å². The maximum absolute atomic E-state index is 11.9. The van der Waals surface area contributed by atoms with Crippen molar-refractivity contribution in [1.82, 2.24) is 9.97 Å². The van der Waals surface area contributed by atoms with Crippen LogP contribution in [0.3, 0.4) is 0 Å². The molecule has 0 unspecified atom stereocenters. The second-order valence-corrected chi connectivity index (χ2v) is 3.94. The molecule has 0 saturated heterocycles.